The maximum atomic E-state index is 12.2. The van der Waals surface area contributed by atoms with Crippen molar-refractivity contribution in [2.45, 2.75) is 13.5 Å². The Labute approximate surface area is 203 Å². The van der Waals surface area contributed by atoms with Crippen LogP contribution in [0.5, 0.6) is 11.5 Å². The fourth-order valence-electron chi connectivity index (χ4n) is 3.63. The molecule has 1 aromatic heterocycles. The van der Waals surface area contributed by atoms with Crippen molar-refractivity contribution < 1.29 is 19.0 Å². The quantitative estimate of drug-likeness (QED) is 0.278. The average Bonchev–Trinajstić information content (AvgIpc) is 2.88. The number of pyridine rings is 1. The summed E-state index contributed by atoms with van der Waals surface area (Å²) in [5.74, 6) is 0.808. The number of nitrogens with zero attached hydrogens (tertiary/aromatic N) is 1. The molecule has 0 aliphatic heterocycles. The largest absolute Gasteiger partial charge is 0.497 e. The van der Waals surface area contributed by atoms with Crippen LogP contribution in [0.1, 0.15) is 21.6 Å². The fourth-order valence-corrected chi connectivity index (χ4v) is 3.81. The first-order valence-corrected chi connectivity index (χ1v) is 11.1. The van der Waals surface area contributed by atoms with Gasteiger partial charge in [0.15, 0.2) is 0 Å². The van der Waals surface area contributed by atoms with Crippen LogP contribution in [0.15, 0.2) is 78.9 Å². The van der Waals surface area contributed by atoms with E-state index in [9.17, 15) is 4.79 Å². The Hall–Kier alpha value is -3.83. The van der Waals surface area contributed by atoms with Crippen molar-refractivity contribution in [2.75, 3.05) is 14.2 Å². The lowest BCUT2D eigenvalue weighted by atomic mass is 9.95. The Bertz CT molecular complexity index is 1320. The summed E-state index contributed by atoms with van der Waals surface area (Å²) < 4.78 is 16.1. The molecule has 0 fully saturated rings. The molecule has 5 nitrogen and oxygen atoms in total. The topological polar surface area (TPSA) is 57.7 Å². The smallest absolute Gasteiger partial charge is 0.356 e. The highest BCUT2D eigenvalue weighted by Crippen LogP contribution is 2.36. The highest BCUT2D eigenvalue weighted by molar-refractivity contribution is 6.32. The lowest BCUT2D eigenvalue weighted by molar-refractivity contribution is 0.0594. The zero-order valence-corrected chi connectivity index (χ0v) is 19.9. The molecule has 0 atom stereocenters. The molecule has 172 valence electrons. The highest BCUT2D eigenvalue weighted by atomic mass is 35.5. The maximum Gasteiger partial charge on any atom is 0.356 e. The van der Waals surface area contributed by atoms with Gasteiger partial charge in [-0.15, -0.1) is 0 Å². The van der Waals surface area contributed by atoms with E-state index in [2.05, 4.69) is 4.98 Å². The van der Waals surface area contributed by atoms with Gasteiger partial charge in [-0.3, -0.25) is 0 Å². The molecule has 0 unspecified atom stereocenters. The van der Waals surface area contributed by atoms with Crippen molar-refractivity contribution in [3.05, 3.63) is 101 Å². The molecule has 0 radical (unpaired) electrons. The van der Waals surface area contributed by atoms with Crippen LogP contribution in [-0.2, 0) is 11.3 Å². The van der Waals surface area contributed by atoms with Gasteiger partial charge in [0.25, 0.3) is 0 Å². The monoisotopic (exact) mass is 473 g/mol. The third-order valence-corrected chi connectivity index (χ3v) is 5.80. The van der Waals surface area contributed by atoms with Gasteiger partial charge in [-0.2, -0.15) is 0 Å². The predicted octanol–water partition coefficient (Wildman–Crippen LogP) is 6.75. The van der Waals surface area contributed by atoms with E-state index in [1.165, 1.54) is 7.11 Å². The summed E-state index contributed by atoms with van der Waals surface area (Å²) in [6, 6.07) is 24.7. The Morgan fingerprint density at radius 1 is 0.912 bits per heavy atom. The van der Waals surface area contributed by atoms with E-state index in [1.807, 2.05) is 73.7 Å². The predicted molar refractivity (Wildman–Crippen MR) is 134 cm³/mol. The van der Waals surface area contributed by atoms with Crippen molar-refractivity contribution in [1.29, 1.82) is 0 Å². The molecule has 0 amide bonds. The second kappa shape index (κ2) is 10.4. The minimum Gasteiger partial charge on any atom is -0.497 e. The van der Waals surface area contributed by atoms with Crippen molar-refractivity contribution in [1.82, 2.24) is 4.98 Å². The summed E-state index contributed by atoms with van der Waals surface area (Å²) in [6.07, 6.45) is 0. The van der Waals surface area contributed by atoms with Crippen molar-refractivity contribution in [3.63, 3.8) is 0 Å². The van der Waals surface area contributed by atoms with Crippen molar-refractivity contribution in [2.24, 2.45) is 0 Å². The van der Waals surface area contributed by atoms with Gasteiger partial charge in [0, 0.05) is 11.1 Å². The lowest BCUT2D eigenvalue weighted by Gasteiger charge is -2.15. The molecule has 4 rings (SSSR count). The molecular weight excluding hydrogens is 450 g/mol. The number of aryl methyl sites for hydroxylation is 1. The molecule has 3 aromatic carbocycles. The Kier molecular flexibility index (Phi) is 7.14. The summed E-state index contributed by atoms with van der Waals surface area (Å²) in [5.41, 5.74) is 5.65. The Morgan fingerprint density at radius 2 is 1.68 bits per heavy atom. The standard InChI is InChI=1S/C28H24ClNO4/c1-18-6-4-5-7-22(18)23-13-15-25(28(31)33-3)30-27(23)20-10-14-24(29)26(16-20)34-17-19-8-11-21(32-2)12-9-19/h4-16H,17H2,1-3H3. The van der Waals surface area contributed by atoms with Gasteiger partial charge in [-0.1, -0.05) is 54.1 Å². The van der Waals surface area contributed by atoms with Crippen LogP contribution in [0.25, 0.3) is 22.4 Å². The van der Waals surface area contributed by atoms with Gasteiger partial charge in [0.2, 0.25) is 0 Å². The average molecular weight is 474 g/mol. The molecule has 0 bridgehead atoms. The fraction of sp³-hybridized carbons (Fsp3) is 0.143. The van der Waals surface area contributed by atoms with Gasteiger partial charge in [-0.25, -0.2) is 9.78 Å². The highest BCUT2D eigenvalue weighted by Gasteiger charge is 2.17. The van der Waals surface area contributed by atoms with E-state index in [-0.39, 0.29) is 5.69 Å². The number of methoxy groups -OCH3 is 2. The number of hydrogen-bond donors (Lipinski definition) is 0. The number of ether oxygens (including phenoxy) is 3. The molecule has 0 saturated heterocycles. The molecule has 34 heavy (non-hydrogen) atoms. The third-order valence-electron chi connectivity index (χ3n) is 5.48. The van der Waals surface area contributed by atoms with Gasteiger partial charge in [0.1, 0.15) is 23.8 Å². The number of benzene rings is 3. The van der Waals surface area contributed by atoms with Gasteiger partial charge < -0.3 is 14.2 Å². The summed E-state index contributed by atoms with van der Waals surface area (Å²) in [7, 11) is 2.97. The second-order valence-corrected chi connectivity index (χ2v) is 8.09. The van der Waals surface area contributed by atoms with E-state index in [1.54, 1.807) is 19.2 Å². The summed E-state index contributed by atoms with van der Waals surface area (Å²) in [5, 5.41) is 0.485. The lowest BCUT2D eigenvalue weighted by Crippen LogP contribution is -2.06. The number of hydrogen-bond acceptors (Lipinski definition) is 5. The molecule has 0 N–H and O–H groups in total. The zero-order valence-electron chi connectivity index (χ0n) is 19.2. The molecule has 0 spiro atoms. The van der Waals surface area contributed by atoms with Crippen LogP contribution in [0, 0.1) is 6.92 Å². The first kappa shape index (κ1) is 23.3. The van der Waals surface area contributed by atoms with E-state index in [0.29, 0.717) is 23.1 Å². The first-order chi connectivity index (χ1) is 16.5. The van der Waals surface area contributed by atoms with E-state index < -0.39 is 5.97 Å². The molecule has 6 heteroatoms. The van der Waals surface area contributed by atoms with Crippen molar-refractivity contribution >= 4 is 17.6 Å². The minimum atomic E-state index is -0.498. The summed E-state index contributed by atoms with van der Waals surface area (Å²) in [6.45, 7) is 2.38. The number of carbonyl (C=O) groups excluding carboxylic acids is 1. The number of rotatable bonds is 7. The SMILES string of the molecule is COC(=O)c1ccc(-c2ccccc2C)c(-c2ccc(Cl)c(OCc3ccc(OC)cc3)c2)n1. The number of esters is 1. The van der Waals surface area contributed by atoms with Crippen molar-refractivity contribution in [3.8, 4) is 33.9 Å². The molecule has 0 saturated carbocycles. The molecular formula is C28H24ClNO4. The van der Waals surface area contributed by atoms with Crippen LogP contribution in [0.2, 0.25) is 5.02 Å². The third kappa shape index (κ3) is 5.05. The van der Waals surface area contributed by atoms with E-state index in [4.69, 9.17) is 25.8 Å². The molecule has 0 aliphatic rings. The number of carbonyl (C=O) groups is 1. The number of halogens is 1. The van der Waals surface area contributed by atoms with Crippen LogP contribution in [0.4, 0.5) is 0 Å². The van der Waals surface area contributed by atoms with Gasteiger partial charge >= 0.3 is 5.97 Å². The van der Waals surface area contributed by atoms with Crippen LogP contribution in [0.3, 0.4) is 0 Å². The Balaban J connectivity index is 1.73. The normalized spacial score (nSPS) is 10.6. The van der Waals surface area contributed by atoms with E-state index in [0.717, 1.165) is 33.6 Å². The second-order valence-electron chi connectivity index (χ2n) is 7.68. The maximum absolute atomic E-state index is 12.2. The first-order valence-electron chi connectivity index (χ1n) is 10.7. The zero-order chi connectivity index (χ0) is 24.1. The van der Waals surface area contributed by atoms with Crippen LogP contribution in [-0.4, -0.2) is 25.2 Å². The molecule has 4 aromatic rings. The van der Waals surface area contributed by atoms with Gasteiger partial charge in [-0.05, 0) is 60.0 Å². The van der Waals surface area contributed by atoms with Crippen LogP contribution < -0.4 is 9.47 Å². The molecule has 1 heterocycles. The van der Waals surface area contributed by atoms with Gasteiger partial charge in [0.05, 0.1) is 24.9 Å². The number of aromatic nitrogens is 1. The minimum absolute atomic E-state index is 0.227. The summed E-state index contributed by atoms with van der Waals surface area (Å²) in [4.78, 5) is 16.9. The molecule has 0 aliphatic carbocycles. The summed E-state index contributed by atoms with van der Waals surface area (Å²) >= 11 is 6.44. The Morgan fingerprint density at radius 3 is 2.38 bits per heavy atom. The van der Waals surface area contributed by atoms with E-state index >= 15 is 0 Å². The van der Waals surface area contributed by atoms with Crippen LogP contribution >= 0.6 is 11.6 Å².